The van der Waals surface area contributed by atoms with Crippen LogP contribution in [0.4, 0.5) is 5.82 Å². The van der Waals surface area contributed by atoms with Gasteiger partial charge in [0.1, 0.15) is 5.82 Å². The van der Waals surface area contributed by atoms with E-state index >= 15 is 0 Å². The molecule has 0 bridgehead atoms. The van der Waals surface area contributed by atoms with Gasteiger partial charge in [-0.05, 0) is 18.1 Å². The van der Waals surface area contributed by atoms with Gasteiger partial charge >= 0.3 is 0 Å². The lowest BCUT2D eigenvalue weighted by molar-refractivity contribution is 0.954. The van der Waals surface area contributed by atoms with Gasteiger partial charge in [0.15, 0.2) is 5.82 Å². The van der Waals surface area contributed by atoms with Crippen LogP contribution in [-0.2, 0) is 12.8 Å². The Labute approximate surface area is 94.9 Å². The lowest BCUT2D eigenvalue weighted by Crippen LogP contribution is -2.11. The number of hydrazine groups is 1. The van der Waals surface area contributed by atoms with Crippen molar-refractivity contribution in [2.24, 2.45) is 5.84 Å². The minimum absolute atomic E-state index is 0.706. The van der Waals surface area contributed by atoms with Gasteiger partial charge in [-0.15, -0.1) is 0 Å². The molecule has 4 heteroatoms. The van der Waals surface area contributed by atoms with Gasteiger partial charge in [0.05, 0.1) is 5.52 Å². The molecule has 0 atom stereocenters. The molecule has 2 rings (SSSR count). The molecule has 0 aliphatic heterocycles. The van der Waals surface area contributed by atoms with Crippen LogP contribution in [0.3, 0.4) is 0 Å². The first kappa shape index (κ1) is 10.8. The van der Waals surface area contributed by atoms with Crippen molar-refractivity contribution in [1.29, 1.82) is 0 Å². The lowest BCUT2D eigenvalue weighted by Gasteiger charge is -2.09. The SMILES string of the molecule is CCc1nc(NN)c2cccc(CC)c2n1. The van der Waals surface area contributed by atoms with Crippen LogP contribution in [0.15, 0.2) is 18.2 Å². The van der Waals surface area contributed by atoms with Crippen molar-refractivity contribution >= 4 is 16.7 Å². The summed E-state index contributed by atoms with van der Waals surface area (Å²) in [4.78, 5) is 8.93. The largest absolute Gasteiger partial charge is 0.308 e. The molecule has 0 aliphatic carbocycles. The third kappa shape index (κ3) is 1.72. The summed E-state index contributed by atoms with van der Waals surface area (Å²) in [6, 6.07) is 6.09. The molecule has 0 saturated heterocycles. The standard InChI is InChI=1S/C12H16N4/c1-3-8-6-5-7-9-11(8)14-10(4-2)15-12(9)16-13/h5-7H,3-4,13H2,1-2H3,(H,14,15,16). The van der Waals surface area contributed by atoms with Gasteiger partial charge in [-0.3, -0.25) is 0 Å². The van der Waals surface area contributed by atoms with E-state index < -0.39 is 0 Å². The second-order valence-corrected chi connectivity index (χ2v) is 3.65. The Morgan fingerprint density at radius 2 is 2.00 bits per heavy atom. The maximum Gasteiger partial charge on any atom is 0.151 e. The molecular formula is C12H16N4. The van der Waals surface area contributed by atoms with Gasteiger partial charge in [0.25, 0.3) is 0 Å². The fourth-order valence-electron chi connectivity index (χ4n) is 1.81. The number of fused-ring (bicyclic) bond motifs is 1. The Balaban J connectivity index is 2.78. The smallest absolute Gasteiger partial charge is 0.151 e. The third-order valence-corrected chi connectivity index (χ3v) is 2.69. The Morgan fingerprint density at radius 3 is 2.62 bits per heavy atom. The highest BCUT2D eigenvalue weighted by molar-refractivity contribution is 5.91. The van der Waals surface area contributed by atoms with Gasteiger partial charge in [-0.2, -0.15) is 0 Å². The molecule has 0 aliphatic rings. The molecule has 3 N–H and O–H groups in total. The van der Waals surface area contributed by atoms with E-state index in [1.807, 2.05) is 19.1 Å². The van der Waals surface area contributed by atoms with Crippen molar-refractivity contribution < 1.29 is 0 Å². The van der Waals surface area contributed by atoms with E-state index in [-0.39, 0.29) is 0 Å². The summed E-state index contributed by atoms with van der Waals surface area (Å²) < 4.78 is 0. The monoisotopic (exact) mass is 216 g/mol. The van der Waals surface area contributed by atoms with Crippen molar-refractivity contribution in [2.75, 3.05) is 5.43 Å². The fourth-order valence-corrected chi connectivity index (χ4v) is 1.81. The Morgan fingerprint density at radius 1 is 1.19 bits per heavy atom. The van der Waals surface area contributed by atoms with E-state index in [1.165, 1.54) is 5.56 Å². The predicted molar refractivity (Wildman–Crippen MR) is 66.1 cm³/mol. The van der Waals surface area contributed by atoms with Crippen LogP contribution in [-0.4, -0.2) is 9.97 Å². The molecular weight excluding hydrogens is 200 g/mol. The Hall–Kier alpha value is -1.68. The average molecular weight is 216 g/mol. The Bertz CT molecular complexity index is 508. The summed E-state index contributed by atoms with van der Waals surface area (Å²) in [7, 11) is 0. The highest BCUT2D eigenvalue weighted by Crippen LogP contribution is 2.23. The highest BCUT2D eigenvalue weighted by atomic mass is 15.3. The van der Waals surface area contributed by atoms with E-state index in [4.69, 9.17) is 5.84 Å². The van der Waals surface area contributed by atoms with E-state index in [2.05, 4.69) is 28.4 Å². The summed E-state index contributed by atoms with van der Waals surface area (Å²) in [5.74, 6) is 7.02. The van der Waals surface area contributed by atoms with Crippen molar-refractivity contribution in [3.8, 4) is 0 Å². The fraction of sp³-hybridized carbons (Fsp3) is 0.333. The minimum atomic E-state index is 0.706. The van der Waals surface area contributed by atoms with Crippen molar-refractivity contribution in [3.05, 3.63) is 29.6 Å². The quantitative estimate of drug-likeness (QED) is 0.608. The molecule has 0 amide bonds. The zero-order valence-electron chi connectivity index (χ0n) is 9.62. The molecule has 16 heavy (non-hydrogen) atoms. The summed E-state index contributed by atoms with van der Waals surface area (Å²) in [5.41, 5.74) is 4.88. The lowest BCUT2D eigenvalue weighted by atomic mass is 10.1. The van der Waals surface area contributed by atoms with Crippen LogP contribution in [0.25, 0.3) is 10.9 Å². The van der Waals surface area contributed by atoms with Gasteiger partial charge < -0.3 is 5.43 Å². The second-order valence-electron chi connectivity index (χ2n) is 3.65. The van der Waals surface area contributed by atoms with Crippen LogP contribution in [0.2, 0.25) is 0 Å². The number of nitrogens with two attached hydrogens (primary N) is 1. The molecule has 0 unspecified atom stereocenters. The summed E-state index contributed by atoms with van der Waals surface area (Å²) in [6.07, 6.45) is 1.77. The van der Waals surface area contributed by atoms with E-state index in [9.17, 15) is 0 Å². The zero-order valence-corrected chi connectivity index (χ0v) is 9.62. The van der Waals surface area contributed by atoms with Gasteiger partial charge in [0, 0.05) is 11.8 Å². The van der Waals surface area contributed by atoms with Crippen LogP contribution in [0.5, 0.6) is 0 Å². The number of rotatable bonds is 3. The van der Waals surface area contributed by atoms with Crippen LogP contribution in [0.1, 0.15) is 25.2 Å². The highest BCUT2D eigenvalue weighted by Gasteiger charge is 2.08. The molecule has 0 radical (unpaired) electrons. The normalized spacial score (nSPS) is 10.7. The third-order valence-electron chi connectivity index (χ3n) is 2.69. The molecule has 0 fully saturated rings. The van der Waals surface area contributed by atoms with Crippen LogP contribution < -0.4 is 11.3 Å². The summed E-state index contributed by atoms with van der Waals surface area (Å²) >= 11 is 0. The number of benzene rings is 1. The maximum atomic E-state index is 5.49. The van der Waals surface area contributed by atoms with Gasteiger partial charge in [-0.25, -0.2) is 15.8 Å². The maximum absolute atomic E-state index is 5.49. The van der Waals surface area contributed by atoms with Crippen LogP contribution >= 0.6 is 0 Å². The molecule has 4 nitrogen and oxygen atoms in total. The minimum Gasteiger partial charge on any atom is -0.308 e. The predicted octanol–water partition coefficient (Wildman–Crippen LogP) is 2.04. The van der Waals surface area contributed by atoms with Gasteiger partial charge in [0.2, 0.25) is 0 Å². The average Bonchev–Trinajstić information content (AvgIpc) is 2.36. The number of nitrogens with zero attached hydrogens (tertiary/aromatic N) is 2. The summed E-state index contributed by atoms with van der Waals surface area (Å²) in [5, 5.41) is 0.985. The molecule has 2 aromatic rings. The first-order valence-corrected chi connectivity index (χ1v) is 5.55. The zero-order chi connectivity index (χ0) is 11.5. The molecule has 1 aromatic carbocycles. The number of anilines is 1. The number of aromatic nitrogens is 2. The molecule has 84 valence electrons. The molecule has 1 aromatic heterocycles. The number of nitrogen functional groups attached to an aromatic ring is 1. The van der Waals surface area contributed by atoms with Crippen molar-refractivity contribution in [1.82, 2.24) is 9.97 Å². The number of para-hydroxylation sites is 1. The molecule has 0 saturated carbocycles. The Kier molecular flexibility index (Phi) is 3.01. The van der Waals surface area contributed by atoms with E-state index in [1.54, 1.807) is 0 Å². The van der Waals surface area contributed by atoms with E-state index in [0.29, 0.717) is 5.82 Å². The number of hydrogen-bond acceptors (Lipinski definition) is 4. The first-order chi connectivity index (χ1) is 7.80. The van der Waals surface area contributed by atoms with E-state index in [0.717, 1.165) is 29.6 Å². The van der Waals surface area contributed by atoms with Crippen LogP contribution in [0, 0.1) is 0 Å². The number of hydrogen-bond donors (Lipinski definition) is 2. The second kappa shape index (κ2) is 4.45. The number of nitrogens with one attached hydrogen (secondary N) is 1. The molecule has 0 spiro atoms. The van der Waals surface area contributed by atoms with Gasteiger partial charge in [-0.1, -0.05) is 26.0 Å². The topological polar surface area (TPSA) is 63.8 Å². The molecule has 1 heterocycles. The van der Waals surface area contributed by atoms with Crippen molar-refractivity contribution in [2.45, 2.75) is 26.7 Å². The number of aryl methyl sites for hydroxylation is 2. The summed E-state index contributed by atoms with van der Waals surface area (Å²) in [6.45, 7) is 4.16. The van der Waals surface area contributed by atoms with Crippen molar-refractivity contribution in [3.63, 3.8) is 0 Å². The first-order valence-electron chi connectivity index (χ1n) is 5.55.